The van der Waals surface area contributed by atoms with Crippen LogP contribution in [0.15, 0.2) is 84.9 Å². The van der Waals surface area contributed by atoms with Crippen LogP contribution in [0.1, 0.15) is 15.9 Å². The molecule has 6 aromatic rings. The van der Waals surface area contributed by atoms with Crippen molar-refractivity contribution in [2.75, 3.05) is 0 Å². The summed E-state index contributed by atoms with van der Waals surface area (Å²) in [5.41, 5.74) is 3.92. The largest absolute Gasteiger partial charge is 0.288 e. The van der Waals surface area contributed by atoms with Crippen molar-refractivity contribution in [3.63, 3.8) is 0 Å². The molecule has 152 valence electrons. The Morgan fingerprint density at radius 2 is 1.00 bits per heavy atom. The number of pyridine rings is 2. The Balaban J connectivity index is 1.67. The van der Waals surface area contributed by atoms with Gasteiger partial charge in [0.15, 0.2) is 5.78 Å². The monoisotopic (exact) mass is 452 g/mol. The molecular formula is C27H14Cl2N2O. The average molecular weight is 453 g/mol. The minimum Gasteiger partial charge on any atom is -0.288 e. The number of ketones is 1. The van der Waals surface area contributed by atoms with Crippen molar-refractivity contribution in [1.82, 2.24) is 9.97 Å². The summed E-state index contributed by atoms with van der Waals surface area (Å²) in [5, 5.41) is 4.00. The summed E-state index contributed by atoms with van der Waals surface area (Å²) in [6.45, 7) is 0. The molecule has 5 heteroatoms. The summed E-state index contributed by atoms with van der Waals surface area (Å²) in [4.78, 5) is 23.4. The van der Waals surface area contributed by atoms with E-state index in [0.29, 0.717) is 43.0 Å². The first-order valence-corrected chi connectivity index (χ1v) is 10.9. The molecule has 3 nitrogen and oxygen atoms in total. The Labute approximate surface area is 193 Å². The molecule has 0 N–H and O–H groups in total. The molecule has 32 heavy (non-hydrogen) atoms. The third-order valence-electron chi connectivity index (χ3n) is 5.75. The van der Waals surface area contributed by atoms with Crippen molar-refractivity contribution in [2.24, 2.45) is 0 Å². The van der Waals surface area contributed by atoms with Gasteiger partial charge in [0, 0.05) is 21.5 Å². The van der Waals surface area contributed by atoms with E-state index >= 15 is 0 Å². The zero-order chi connectivity index (χ0) is 21.8. The molecule has 0 amide bonds. The number of hydrogen-bond acceptors (Lipinski definition) is 3. The van der Waals surface area contributed by atoms with Gasteiger partial charge in [0.2, 0.25) is 0 Å². The molecule has 0 atom stereocenters. The highest BCUT2D eigenvalue weighted by molar-refractivity contribution is 6.41. The predicted octanol–water partition coefficient (Wildman–Crippen LogP) is 7.63. The first-order valence-electron chi connectivity index (χ1n) is 10.1. The van der Waals surface area contributed by atoms with Crippen LogP contribution in [0.25, 0.3) is 43.6 Å². The quantitative estimate of drug-likeness (QED) is 0.200. The first kappa shape index (κ1) is 19.2. The predicted molar refractivity (Wildman–Crippen MR) is 132 cm³/mol. The molecule has 0 bridgehead atoms. The number of hydrogen-bond donors (Lipinski definition) is 0. The SMILES string of the molecule is O=C(c1c(Cl)ccc2nc3ccccc3cc12)c1c(Cl)ccc2nc3ccccc3cc12. The lowest BCUT2D eigenvalue weighted by atomic mass is 9.95. The van der Waals surface area contributed by atoms with Crippen molar-refractivity contribution < 1.29 is 4.79 Å². The number of benzene rings is 4. The molecule has 0 radical (unpaired) electrons. The van der Waals surface area contributed by atoms with Crippen LogP contribution >= 0.6 is 23.2 Å². The third-order valence-corrected chi connectivity index (χ3v) is 6.38. The molecule has 6 rings (SSSR count). The number of nitrogens with zero attached hydrogens (tertiary/aromatic N) is 2. The molecule has 4 aromatic carbocycles. The zero-order valence-electron chi connectivity index (χ0n) is 16.6. The first-order chi connectivity index (χ1) is 15.6. The Bertz CT molecular complexity index is 1600. The van der Waals surface area contributed by atoms with Gasteiger partial charge in [-0.15, -0.1) is 0 Å². The van der Waals surface area contributed by atoms with E-state index in [1.807, 2.05) is 72.8 Å². The van der Waals surface area contributed by atoms with Crippen LogP contribution in [0.3, 0.4) is 0 Å². The molecule has 0 saturated heterocycles. The minimum absolute atomic E-state index is 0.245. The molecule has 0 fully saturated rings. The summed E-state index contributed by atoms with van der Waals surface area (Å²) in [7, 11) is 0. The second kappa shape index (κ2) is 7.27. The van der Waals surface area contributed by atoms with Crippen LogP contribution in [-0.2, 0) is 0 Å². The number of para-hydroxylation sites is 2. The van der Waals surface area contributed by atoms with Crippen molar-refractivity contribution in [3.8, 4) is 0 Å². The van der Waals surface area contributed by atoms with E-state index in [1.165, 1.54) is 0 Å². The lowest BCUT2D eigenvalue weighted by Gasteiger charge is -2.13. The molecular weight excluding hydrogens is 439 g/mol. The standard InChI is InChI=1S/C27H14Cl2N2O/c28-19-9-11-23-17(13-15-5-1-3-7-21(15)30-23)25(19)27(32)26-18-14-16-6-2-4-8-22(16)31-24(18)12-10-20(26)29/h1-14H. The van der Waals surface area contributed by atoms with Crippen LogP contribution in [0.5, 0.6) is 0 Å². The van der Waals surface area contributed by atoms with Gasteiger partial charge < -0.3 is 0 Å². The van der Waals surface area contributed by atoms with E-state index in [1.54, 1.807) is 12.1 Å². The van der Waals surface area contributed by atoms with Gasteiger partial charge in [0.1, 0.15) is 0 Å². The van der Waals surface area contributed by atoms with Gasteiger partial charge in [-0.1, -0.05) is 59.6 Å². The third kappa shape index (κ3) is 2.94. The van der Waals surface area contributed by atoms with Gasteiger partial charge in [-0.2, -0.15) is 0 Å². The molecule has 0 aliphatic heterocycles. The van der Waals surface area contributed by atoms with Crippen molar-refractivity contribution in [1.29, 1.82) is 0 Å². The number of carbonyl (C=O) groups is 1. The maximum Gasteiger partial charge on any atom is 0.197 e. The maximum atomic E-state index is 14.0. The van der Waals surface area contributed by atoms with Crippen molar-refractivity contribution in [3.05, 3.63) is 106 Å². The zero-order valence-corrected chi connectivity index (χ0v) is 18.2. The van der Waals surface area contributed by atoms with E-state index in [2.05, 4.69) is 0 Å². The van der Waals surface area contributed by atoms with E-state index in [0.717, 1.165) is 21.8 Å². The van der Waals surface area contributed by atoms with Crippen LogP contribution in [0.4, 0.5) is 0 Å². The lowest BCUT2D eigenvalue weighted by molar-refractivity contribution is 0.104. The molecule has 0 saturated carbocycles. The number of rotatable bonds is 2. The highest BCUT2D eigenvalue weighted by Gasteiger charge is 2.22. The smallest absolute Gasteiger partial charge is 0.197 e. The maximum absolute atomic E-state index is 14.0. The van der Waals surface area contributed by atoms with Crippen molar-refractivity contribution in [2.45, 2.75) is 0 Å². The lowest BCUT2D eigenvalue weighted by Crippen LogP contribution is -2.06. The van der Waals surface area contributed by atoms with Crippen molar-refractivity contribution >= 4 is 72.6 Å². The number of halogens is 2. The fourth-order valence-corrected chi connectivity index (χ4v) is 4.73. The minimum atomic E-state index is -0.245. The number of aromatic nitrogens is 2. The Hall–Kier alpha value is -3.53. The van der Waals surface area contributed by atoms with Crippen LogP contribution < -0.4 is 0 Å². The van der Waals surface area contributed by atoms with Gasteiger partial charge in [-0.3, -0.25) is 4.79 Å². The van der Waals surface area contributed by atoms with Gasteiger partial charge in [-0.25, -0.2) is 9.97 Å². The van der Waals surface area contributed by atoms with E-state index in [4.69, 9.17) is 33.2 Å². The topological polar surface area (TPSA) is 42.9 Å². The van der Waals surface area contributed by atoms with Gasteiger partial charge >= 0.3 is 0 Å². The Kier molecular flexibility index (Phi) is 4.35. The summed E-state index contributed by atoms with van der Waals surface area (Å²) in [6, 6.07) is 26.6. The van der Waals surface area contributed by atoms with Gasteiger partial charge in [-0.05, 0) is 48.5 Å². The molecule has 0 unspecified atom stereocenters. The highest BCUT2D eigenvalue weighted by Crippen LogP contribution is 2.35. The molecule has 0 aliphatic rings. The Morgan fingerprint density at radius 1 is 0.562 bits per heavy atom. The fourth-order valence-electron chi connectivity index (χ4n) is 4.23. The van der Waals surface area contributed by atoms with E-state index in [-0.39, 0.29) is 5.78 Å². The van der Waals surface area contributed by atoms with E-state index in [9.17, 15) is 4.79 Å². The summed E-state index contributed by atoms with van der Waals surface area (Å²) >= 11 is 13.2. The molecule has 0 spiro atoms. The molecule has 2 aromatic heterocycles. The van der Waals surface area contributed by atoms with E-state index < -0.39 is 0 Å². The van der Waals surface area contributed by atoms with Crippen LogP contribution in [0, 0.1) is 0 Å². The van der Waals surface area contributed by atoms with Crippen LogP contribution in [0.2, 0.25) is 10.0 Å². The Morgan fingerprint density at radius 3 is 1.47 bits per heavy atom. The normalized spacial score (nSPS) is 11.6. The number of carbonyl (C=O) groups excluding carboxylic acids is 1. The highest BCUT2D eigenvalue weighted by atomic mass is 35.5. The second-order valence-corrected chi connectivity index (χ2v) is 8.48. The average Bonchev–Trinajstić information content (AvgIpc) is 2.81. The van der Waals surface area contributed by atoms with Gasteiger partial charge in [0.25, 0.3) is 0 Å². The summed E-state index contributed by atoms with van der Waals surface area (Å²) < 4.78 is 0. The van der Waals surface area contributed by atoms with Gasteiger partial charge in [0.05, 0.1) is 43.2 Å². The summed E-state index contributed by atoms with van der Waals surface area (Å²) in [6.07, 6.45) is 0. The molecule has 2 heterocycles. The number of fused-ring (bicyclic) bond motifs is 4. The second-order valence-electron chi connectivity index (χ2n) is 7.67. The summed E-state index contributed by atoms with van der Waals surface area (Å²) in [5.74, 6) is -0.245. The fraction of sp³-hybridized carbons (Fsp3) is 0. The van der Waals surface area contributed by atoms with Crippen LogP contribution in [-0.4, -0.2) is 15.8 Å². The molecule has 0 aliphatic carbocycles.